The van der Waals surface area contributed by atoms with Crippen LogP contribution in [0.3, 0.4) is 0 Å². The molecule has 0 radical (unpaired) electrons. The molecule has 0 bridgehead atoms. The lowest BCUT2D eigenvalue weighted by Gasteiger charge is -2.35. The van der Waals surface area contributed by atoms with Crippen molar-refractivity contribution in [2.75, 3.05) is 20.1 Å². The largest absolute Gasteiger partial charge is 0.499 e. The highest BCUT2D eigenvalue weighted by atomic mass is 32.2. The van der Waals surface area contributed by atoms with Gasteiger partial charge in [-0.25, -0.2) is 0 Å². The first-order chi connectivity index (χ1) is 10.7. The van der Waals surface area contributed by atoms with Crippen LogP contribution in [0.1, 0.15) is 35.4 Å². The fourth-order valence-corrected chi connectivity index (χ4v) is 6.10. The molecule has 0 aliphatic carbocycles. The molecule has 0 spiro atoms. The Hall–Kier alpha value is -0.970. The number of thioether (sulfide) groups is 1. The summed E-state index contributed by atoms with van der Waals surface area (Å²) in [5.74, 6) is 2.16. The third kappa shape index (κ3) is 2.57. The Morgan fingerprint density at radius 3 is 2.73 bits per heavy atom. The van der Waals surface area contributed by atoms with E-state index in [0.717, 1.165) is 5.75 Å². The number of hydrogen-bond donors (Lipinski definition) is 1. The molecule has 2 aliphatic rings. The summed E-state index contributed by atoms with van der Waals surface area (Å²) in [4.78, 5) is 2.43. The monoisotopic (exact) mass is 331 g/mol. The van der Waals surface area contributed by atoms with Gasteiger partial charge in [0.2, 0.25) is 0 Å². The van der Waals surface area contributed by atoms with Crippen molar-refractivity contribution in [3.05, 3.63) is 47.0 Å². The molecule has 4 heteroatoms. The summed E-state index contributed by atoms with van der Waals surface area (Å²) in [6.07, 6.45) is 2.49. The summed E-state index contributed by atoms with van der Waals surface area (Å²) in [6, 6.07) is 10.9. The number of nitrogens with zero attached hydrogens (tertiary/aromatic N) is 1. The first-order valence-corrected chi connectivity index (χ1v) is 9.74. The van der Waals surface area contributed by atoms with E-state index < -0.39 is 0 Å². The number of piperidine rings is 1. The molecule has 0 amide bonds. The zero-order valence-corrected chi connectivity index (χ0v) is 14.4. The molecule has 1 saturated heterocycles. The molecule has 1 aromatic carbocycles. The molecular weight excluding hydrogens is 310 g/mol. The van der Waals surface area contributed by atoms with E-state index in [0.29, 0.717) is 16.9 Å². The molecule has 116 valence electrons. The standard InChI is InChI=1S/C18H21NOS2/c1-19-8-6-12(7-9-19)17-14-5-3-2-4-13(14)11-21-18-15(17)10-16(20)22-18/h2-5,10,12,17,20H,6-9,11H2,1H3. The van der Waals surface area contributed by atoms with Gasteiger partial charge in [0, 0.05) is 11.7 Å². The van der Waals surface area contributed by atoms with E-state index in [-0.39, 0.29) is 0 Å². The summed E-state index contributed by atoms with van der Waals surface area (Å²) >= 11 is 3.44. The highest BCUT2D eigenvalue weighted by Crippen LogP contribution is 2.50. The number of aromatic hydroxyl groups is 1. The van der Waals surface area contributed by atoms with Crippen LogP contribution >= 0.6 is 23.1 Å². The average Bonchev–Trinajstić information content (AvgIpc) is 2.82. The molecule has 1 atom stereocenters. The smallest absolute Gasteiger partial charge is 0.172 e. The average molecular weight is 332 g/mol. The lowest BCUT2D eigenvalue weighted by Crippen LogP contribution is -2.33. The van der Waals surface area contributed by atoms with Crippen molar-refractivity contribution in [3.63, 3.8) is 0 Å². The lowest BCUT2D eigenvalue weighted by molar-refractivity contribution is 0.206. The molecule has 22 heavy (non-hydrogen) atoms. The first kappa shape index (κ1) is 14.6. The second-order valence-electron chi connectivity index (χ2n) is 6.43. The molecule has 0 saturated carbocycles. The maximum atomic E-state index is 10.0. The van der Waals surface area contributed by atoms with Crippen molar-refractivity contribution in [2.24, 2.45) is 5.92 Å². The Bertz CT molecular complexity index is 673. The van der Waals surface area contributed by atoms with Crippen LogP contribution in [0.25, 0.3) is 0 Å². The molecule has 3 heterocycles. The summed E-state index contributed by atoms with van der Waals surface area (Å²) in [6.45, 7) is 2.36. The SMILES string of the molecule is CN1CCC(C2c3ccccc3CSc3sc(O)cc32)CC1. The van der Waals surface area contributed by atoms with Gasteiger partial charge in [-0.1, -0.05) is 35.6 Å². The zero-order chi connectivity index (χ0) is 15.1. The molecule has 1 aromatic heterocycles. The predicted molar refractivity (Wildman–Crippen MR) is 94.1 cm³/mol. The third-order valence-electron chi connectivity index (χ3n) is 5.03. The van der Waals surface area contributed by atoms with Gasteiger partial charge >= 0.3 is 0 Å². The maximum absolute atomic E-state index is 10.0. The van der Waals surface area contributed by atoms with Crippen LogP contribution in [0.15, 0.2) is 34.5 Å². The van der Waals surface area contributed by atoms with Gasteiger partial charge in [0.25, 0.3) is 0 Å². The molecule has 2 aromatic rings. The highest BCUT2D eigenvalue weighted by molar-refractivity contribution is 8.00. The van der Waals surface area contributed by atoms with E-state index in [1.807, 2.05) is 17.8 Å². The van der Waals surface area contributed by atoms with Crippen molar-refractivity contribution in [2.45, 2.75) is 28.7 Å². The van der Waals surface area contributed by atoms with Gasteiger partial charge in [-0.05, 0) is 61.7 Å². The van der Waals surface area contributed by atoms with E-state index in [1.54, 1.807) is 11.3 Å². The molecular formula is C18H21NOS2. The predicted octanol–water partition coefficient (Wildman–Crippen LogP) is 4.53. The van der Waals surface area contributed by atoms with Crippen molar-refractivity contribution >= 4 is 23.1 Å². The van der Waals surface area contributed by atoms with Crippen LogP contribution < -0.4 is 0 Å². The fraction of sp³-hybridized carbons (Fsp3) is 0.444. The van der Waals surface area contributed by atoms with Gasteiger partial charge in [-0.2, -0.15) is 0 Å². The summed E-state index contributed by atoms with van der Waals surface area (Å²) in [5.41, 5.74) is 4.33. The van der Waals surface area contributed by atoms with Gasteiger partial charge in [-0.3, -0.25) is 0 Å². The van der Waals surface area contributed by atoms with Gasteiger partial charge in [-0.15, -0.1) is 11.8 Å². The fourth-order valence-electron chi connectivity index (χ4n) is 3.85. The minimum absolute atomic E-state index is 0.451. The normalized spacial score (nSPS) is 22.9. The first-order valence-electron chi connectivity index (χ1n) is 7.94. The lowest BCUT2D eigenvalue weighted by atomic mass is 9.76. The van der Waals surface area contributed by atoms with E-state index >= 15 is 0 Å². The van der Waals surface area contributed by atoms with Crippen LogP contribution in [0.5, 0.6) is 5.06 Å². The minimum atomic E-state index is 0.451. The van der Waals surface area contributed by atoms with Gasteiger partial charge in [0.1, 0.15) is 0 Å². The maximum Gasteiger partial charge on any atom is 0.172 e. The third-order valence-corrected chi connectivity index (χ3v) is 7.34. The summed E-state index contributed by atoms with van der Waals surface area (Å²) in [7, 11) is 2.22. The Labute approximate surface area is 140 Å². The molecule has 4 rings (SSSR count). The number of hydrogen-bond acceptors (Lipinski definition) is 4. The number of benzene rings is 1. The second-order valence-corrected chi connectivity index (χ2v) is 8.71. The Morgan fingerprint density at radius 1 is 1.14 bits per heavy atom. The van der Waals surface area contributed by atoms with Gasteiger partial charge in [0.15, 0.2) is 5.06 Å². The minimum Gasteiger partial charge on any atom is -0.499 e. The van der Waals surface area contributed by atoms with E-state index in [2.05, 4.69) is 36.2 Å². The van der Waals surface area contributed by atoms with E-state index in [1.165, 1.54) is 46.8 Å². The van der Waals surface area contributed by atoms with E-state index in [9.17, 15) is 5.11 Å². The zero-order valence-electron chi connectivity index (χ0n) is 12.8. The number of thiophene rings is 1. The Kier molecular flexibility index (Phi) is 3.93. The van der Waals surface area contributed by atoms with Crippen LogP contribution in [-0.2, 0) is 5.75 Å². The van der Waals surface area contributed by atoms with Crippen LogP contribution in [0.4, 0.5) is 0 Å². The van der Waals surface area contributed by atoms with E-state index in [4.69, 9.17) is 0 Å². The van der Waals surface area contributed by atoms with Crippen molar-refractivity contribution in [1.82, 2.24) is 4.90 Å². The topological polar surface area (TPSA) is 23.5 Å². The van der Waals surface area contributed by atoms with Crippen molar-refractivity contribution in [3.8, 4) is 5.06 Å². The van der Waals surface area contributed by atoms with Crippen molar-refractivity contribution in [1.29, 1.82) is 0 Å². The van der Waals surface area contributed by atoms with Gasteiger partial charge in [0.05, 0.1) is 4.21 Å². The Balaban J connectivity index is 1.80. The van der Waals surface area contributed by atoms with Crippen molar-refractivity contribution < 1.29 is 5.11 Å². The molecule has 1 fully saturated rings. The molecule has 2 nitrogen and oxygen atoms in total. The molecule has 2 aliphatic heterocycles. The van der Waals surface area contributed by atoms with Gasteiger partial charge < -0.3 is 10.0 Å². The van der Waals surface area contributed by atoms with Crippen LogP contribution in [0, 0.1) is 5.92 Å². The quantitative estimate of drug-likeness (QED) is 0.830. The number of rotatable bonds is 1. The molecule has 1 unspecified atom stereocenters. The molecule has 1 N–H and O–H groups in total. The number of likely N-dealkylation sites (tertiary alicyclic amines) is 1. The highest BCUT2D eigenvalue weighted by Gasteiger charge is 2.33. The van der Waals surface area contributed by atoms with Crippen LogP contribution in [0.2, 0.25) is 0 Å². The summed E-state index contributed by atoms with van der Waals surface area (Å²) < 4.78 is 1.32. The number of fused-ring (bicyclic) bond motifs is 2. The summed E-state index contributed by atoms with van der Waals surface area (Å²) in [5, 5.41) is 10.5. The van der Waals surface area contributed by atoms with Crippen LogP contribution in [-0.4, -0.2) is 30.1 Å². The second kappa shape index (κ2) is 5.91. The Morgan fingerprint density at radius 2 is 1.91 bits per heavy atom.